The maximum absolute atomic E-state index is 13.9. The number of aromatic nitrogens is 5. The summed E-state index contributed by atoms with van der Waals surface area (Å²) in [5.74, 6) is -0.896. The van der Waals surface area contributed by atoms with Gasteiger partial charge in [0.05, 0.1) is 21.0 Å². The molecule has 0 radical (unpaired) electrons. The molecule has 12 heteroatoms. The van der Waals surface area contributed by atoms with Gasteiger partial charge in [-0.05, 0) is 19.1 Å². The van der Waals surface area contributed by atoms with Gasteiger partial charge in [0, 0.05) is 18.3 Å². The Morgan fingerprint density at radius 3 is 2.64 bits per heavy atom. The van der Waals surface area contributed by atoms with Gasteiger partial charge in [0.15, 0.2) is 0 Å². The zero-order valence-corrected chi connectivity index (χ0v) is 16.0. The summed E-state index contributed by atoms with van der Waals surface area (Å²) in [5.41, 5.74) is -0.635. The molecule has 0 saturated heterocycles. The second-order valence-corrected chi connectivity index (χ2v) is 7.80. The average molecular weight is 429 g/mol. The summed E-state index contributed by atoms with van der Waals surface area (Å²) < 4.78 is 44.8. The minimum atomic E-state index is -4.81. The molecule has 0 aromatic carbocycles. The van der Waals surface area contributed by atoms with Crippen LogP contribution in [0.1, 0.15) is 27.0 Å². The molecule has 0 fully saturated rings. The summed E-state index contributed by atoms with van der Waals surface area (Å²) in [6.07, 6.45) is -2.25. The Balaban J connectivity index is 2.00. The van der Waals surface area contributed by atoms with E-state index in [1.165, 1.54) is 27.7 Å². The van der Waals surface area contributed by atoms with Crippen LogP contribution in [0.2, 0.25) is 4.34 Å². The van der Waals surface area contributed by atoms with Gasteiger partial charge in [0.25, 0.3) is 0 Å². The minimum Gasteiger partial charge on any atom is -0.320 e. The number of alkyl halides is 3. The minimum absolute atomic E-state index is 0.0960. The molecule has 3 aromatic heterocycles. The highest BCUT2D eigenvalue weighted by atomic mass is 35.5. The van der Waals surface area contributed by atoms with E-state index in [1.54, 1.807) is 14.0 Å². The van der Waals surface area contributed by atoms with Crippen LogP contribution in [0.3, 0.4) is 0 Å². The van der Waals surface area contributed by atoms with Gasteiger partial charge in [-0.2, -0.15) is 28.4 Å². The van der Waals surface area contributed by atoms with E-state index in [9.17, 15) is 18.0 Å². The van der Waals surface area contributed by atoms with E-state index >= 15 is 0 Å². The standard InChI is InChI=1S/C16H12ClF3N6OS/c1-7-8(5-22-25(7)2)12-11(13(27)9-3-4-10(17)28-9)14(16(18,19)20)24-15-21-6-23-26(12)15/h3-6,12H,1-2H3,(H,21,23,24). The molecule has 0 spiro atoms. The number of rotatable bonds is 3. The van der Waals surface area contributed by atoms with Gasteiger partial charge in [-0.25, -0.2) is 4.68 Å². The molecule has 28 heavy (non-hydrogen) atoms. The number of halogens is 4. The number of aryl methyl sites for hydroxylation is 1. The van der Waals surface area contributed by atoms with E-state index in [0.717, 1.165) is 17.7 Å². The van der Waals surface area contributed by atoms with Crippen LogP contribution in [0.15, 0.2) is 35.9 Å². The van der Waals surface area contributed by atoms with Gasteiger partial charge in [-0.3, -0.25) is 9.48 Å². The van der Waals surface area contributed by atoms with Crippen LogP contribution in [-0.2, 0) is 7.05 Å². The van der Waals surface area contributed by atoms with Gasteiger partial charge in [0.2, 0.25) is 11.7 Å². The molecular weight excluding hydrogens is 417 g/mol. The van der Waals surface area contributed by atoms with E-state index in [2.05, 4.69) is 20.5 Å². The molecule has 4 rings (SSSR count). The smallest absolute Gasteiger partial charge is 0.320 e. The fraction of sp³-hybridized carbons (Fsp3) is 0.250. The molecule has 1 aliphatic heterocycles. The Labute approximate surface area is 165 Å². The zero-order valence-electron chi connectivity index (χ0n) is 14.5. The summed E-state index contributed by atoms with van der Waals surface area (Å²) in [5, 5.41) is 10.4. The second-order valence-electron chi connectivity index (χ2n) is 6.08. The predicted molar refractivity (Wildman–Crippen MR) is 96.5 cm³/mol. The molecule has 1 aliphatic rings. The summed E-state index contributed by atoms with van der Waals surface area (Å²) in [7, 11) is 1.66. The molecule has 0 amide bonds. The maximum Gasteiger partial charge on any atom is 0.431 e. The predicted octanol–water partition coefficient (Wildman–Crippen LogP) is 3.75. The van der Waals surface area contributed by atoms with E-state index in [4.69, 9.17) is 11.6 Å². The molecule has 1 atom stereocenters. The number of fused-ring (bicyclic) bond motifs is 1. The molecule has 4 heterocycles. The highest BCUT2D eigenvalue weighted by Gasteiger charge is 2.46. The van der Waals surface area contributed by atoms with Crippen molar-refractivity contribution in [3.63, 3.8) is 0 Å². The Bertz CT molecular complexity index is 1110. The molecule has 0 bridgehead atoms. The first-order valence-corrected chi connectivity index (χ1v) is 9.14. The third-order valence-electron chi connectivity index (χ3n) is 4.49. The summed E-state index contributed by atoms with van der Waals surface area (Å²) in [6.45, 7) is 1.71. The summed E-state index contributed by atoms with van der Waals surface area (Å²) in [4.78, 5) is 17.1. The van der Waals surface area contributed by atoms with Crippen LogP contribution in [0.5, 0.6) is 0 Å². The van der Waals surface area contributed by atoms with Crippen molar-refractivity contribution in [2.45, 2.75) is 19.1 Å². The molecule has 146 valence electrons. The van der Waals surface area contributed by atoms with Crippen LogP contribution in [0, 0.1) is 6.92 Å². The van der Waals surface area contributed by atoms with Gasteiger partial charge in [-0.15, -0.1) is 11.3 Å². The SMILES string of the molecule is Cc1c(C2C(C(=O)c3ccc(Cl)s3)=C(C(F)(F)F)Nc3ncnn32)cnn1C. The number of anilines is 1. The highest BCUT2D eigenvalue weighted by molar-refractivity contribution is 7.18. The van der Waals surface area contributed by atoms with Gasteiger partial charge >= 0.3 is 6.18 Å². The highest BCUT2D eigenvalue weighted by Crippen LogP contribution is 2.43. The molecule has 3 aromatic rings. The number of nitrogens with one attached hydrogen (secondary N) is 1. The van der Waals surface area contributed by atoms with Crippen molar-refractivity contribution in [2.24, 2.45) is 7.05 Å². The number of ketones is 1. The number of carbonyl (C=O) groups excluding carboxylic acids is 1. The summed E-state index contributed by atoms with van der Waals surface area (Å²) >= 11 is 6.80. The van der Waals surface area contributed by atoms with Crippen molar-refractivity contribution in [1.29, 1.82) is 0 Å². The lowest BCUT2D eigenvalue weighted by Gasteiger charge is -2.30. The Kier molecular flexibility index (Phi) is 4.31. The van der Waals surface area contributed by atoms with Crippen LogP contribution >= 0.6 is 22.9 Å². The van der Waals surface area contributed by atoms with E-state index < -0.39 is 29.3 Å². The van der Waals surface area contributed by atoms with Crippen molar-refractivity contribution in [1.82, 2.24) is 24.5 Å². The summed E-state index contributed by atoms with van der Waals surface area (Å²) in [6, 6.07) is 1.73. The molecule has 0 aliphatic carbocycles. The fourth-order valence-corrected chi connectivity index (χ4v) is 4.07. The largest absolute Gasteiger partial charge is 0.431 e. The lowest BCUT2D eigenvalue weighted by molar-refractivity contribution is -0.0918. The quantitative estimate of drug-likeness (QED) is 0.643. The number of hydrogen-bond donors (Lipinski definition) is 1. The first-order valence-electron chi connectivity index (χ1n) is 7.95. The monoisotopic (exact) mass is 428 g/mol. The zero-order chi connectivity index (χ0) is 20.2. The molecule has 0 saturated carbocycles. The van der Waals surface area contributed by atoms with Crippen molar-refractivity contribution in [3.05, 3.63) is 56.4 Å². The number of carbonyl (C=O) groups is 1. The number of hydrogen-bond acceptors (Lipinski definition) is 6. The average Bonchev–Trinajstić information content (AvgIpc) is 3.34. The third-order valence-corrected chi connectivity index (χ3v) is 5.72. The Hall–Kier alpha value is -2.66. The third kappa shape index (κ3) is 2.90. The molecule has 1 unspecified atom stereocenters. The van der Waals surface area contributed by atoms with Gasteiger partial charge < -0.3 is 5.32 Å². The van der Waals surface area contributed by atoms with Gasteiger partial charge in [0.1, 0.15) is 18.1 Å². The Morgan fingerprint density at radius 2 is 2.07 bits per heavy atom. The van der Waals surface area contributed by atoms with Crippen molar-refractivity contribution < 1.29 is 18.0 Å². The number of allylic oxidation sites excluding steroid dienone is 2. The van der Waals surface area contributed by atoms with Crippen LogP contribution in [0.4, 0.5) is 19.1 Å². The number of Topliss-reactive ketones (excluding diaryl/α,β-unsaturated/α-hetero) is 1. The fourth-order valence-electron chi connectivity index (χ4n) is 3.07. The number of thiophene rings is 1. The lowest BCUT2D eigenvalue weighted by atomic mass is 9.92. The lowest BCUT2D eigenvalue weighted by Crippen LogP contribution is -2.35. The van der Waals surface area contributed by atoms with Crippen LogP contribution in [0.25, 0.3) is 0 Å². The first kappa shape index (κ1) is 18.7. The van der Waals surface area contributed by atoms with Crippen molar-refractivity contribution >= 4 is 34.7 Å². The maximum atomic E-state index is 13.9. The van der Waals surface area contributed by atoms with Crippen LogP contribution < -0.4 is 5.32 Å². The van der Waals surface area contributed by atoms with E-state index in [-0.39, 0.29) is 10.8 Å². The second kappa shape index (κ2) is 6.45. The van der Waals surface area contributed by atoms with Gasteiger partial charge in [-0.1, -0.05) is 11.6 Å². The van der Waals surface area contributed by atoms with Crippen LogP contribution in [-0.4, -0.2) is 36.5 Å². The molecule has 7 nitrogen and oxygen atoms in total. The van der Waals surface area contributed by atoms with E-state index in [1.807, 2.05) is 0 Å². The first-order chi connectivity index (χ1) is 13.2. The van der Waals surface area contributed by atoms with E-state index in [0.29, 0.717) is 15.6 Å². The molecule has 1 N–H and O–H groups in total. The normalized spacial score (nSPS) is 16.9. The topological polar surface area (TPSA) is 77.6 Å². The number of nitrogens with zero attached hydrogens (tertiary/aromatic N) is 5. The Morgan fingerprint density at radius 1 is 1.32 bits per heavy atom. The van der Waals surface area contributed by atoms with Crippen molar-refractivity contribution in [3.8, 4) is 0 Å². The van der Waals surface area contributed by atoms with Crippen molar-refractivity contribution in [2.75, 3.05) is 5.32 Å². The molecular formula is C16H12ClF3N6OS.